The summed E-state index contributed by atoms with van der Waals surface area (Å²) in [6.07, 6.45) is 0.151. The zero-order valence-corrected chi connectivity index (χ0v) is 20.4. The molecule has 0 fully saturated rings. The molecule has 1 unspecified atom stereocenters. The van der Waals surface area contributed by atoms with Gasteiger partial charge in [0.15, 0.2) is 0 Å². The number of hydrogen-bond acceptors (Lipinski definition) is 7. The monoisotopic (exact) mass is 492 g/mol. The zero-order valence-electron chi connectivity index (χ0n) is 17.8. The van der Waals surface area contributed by atoms with E-state index in [2.05, 4.69) is 5.32 Å². The van der Waals surface area contributed by atoms with Gasteiger partial charge in [-0.1, -0.05) is 19.1 Å². The summed E-state index contributed by atoms with van der Waals surface area (Å²) in [7, 11) is -5.51. The number of rotatable bonds is 9. The number of nitrogens with two attached hydrogens (primary N) is 1. The van der Waals surface area contributed by atoms with Crippen LogP contribution in [0.25, 0.3) is 10.4 Å². The van der Waals surface area contributed by atoms with E-state index in [1.165, 1.54) is 6.66 Å². The van der Waals surface area contributed by atoms with E-state index in [1.807, 2.05) is 29.6 Å². The van der Waals surface area contributed by atoms with Crippen LogP contribution in [0.4, 0.5) is 11.4 Å². The Bertz CT molecular complexity index is 1240. The number of thiophene rings is 1. The van der Waals surface area contributed by atoms with Gasteiger partial charge < -0.3 is 15.6 Å². The second-order valence-corrected chi connectivity index (χ2v) is 11.7. The van der Waals surface area contributed by atoms with Crippen LogP contribution in [-0.2, 0) is 20.8 Å². The van der Waals surface area contributed by atoms with Gasteiger partial charge in [-0.15, -0.1) is 11.3 Å². The predicted molar refractivity (Wildman–Crippen MR) is 132 cm³/mol. The van der Waals surface area contributed by atoms with Gasteiger partial charge in [0.1, 0.15) is 15.6 Å². The van der Waals surface area contributed by atoms with E-state index in [0.29, 0.717) is 28.3 Å². The molecule has 0 aliphatic rings. The molecule has 0 bridgehead atoms. The number of anilines is 2. The van der Waals surface area contributed by atoms with E-state index < -0.39 is 23.8 Å². The first kappa shape index (κ1) is 24.0. The van der Waals surface area contributed by atoms with Gasteiger partial charge in [0.25, 0.3) is 5.91 Å². The lowest BCUT2D eigenvalue weighted by Gasteiger charge is -2.13. The minimum absolute atomic E-state index is 0.0214. The van der Waals surface area contributed by atoms with E-state index in [9.17, 15) is 17.8 Å². The van der Waals surface area contributed by atoms with Gasteiger partial charge in [-0.05, 0) is 59.3 Å². The second-order valence-electron chi connectivity index (χ2n) is 7.14. The minimum atomic E-state index is -3.22. The standard InChI is InChI=1S/C22H25N2O5PS2/c1-3-32(27,28)12-10-15-13-17(7-9-20(15)29-30(2)26)22(25)24-19-14-16(6-8-18(19)23)21-5-4-11-31-21/h4-9,11,13-14,30H,3,10,12,23H2,1-2H3,(H,24,25). The molecular formula is C22H25N2O5PS2. The van der Waals surface area contributed by atoms with Crippen molar-refractivity contribution in [3.8, 4) is 16.2 Å². The molecule has 0 saturated heterocycles. The van der Waals surface area contributed by atoms with Gasteiger partial charge in [0, 0.05) is 22.9 Å². The van der Waals surface area contributed by atoms with Crippen LogP contribution in [0.3, 0.4) is 0 Å². The van der Waals surface area contributed by atoms with E-state index in [-0.39, 0.29) is 17.9 Å². The maximum Gasteiger partial charge on any atom is 0.255 e. The summed E-state index contributed by atoms with van der Waals surface area (Å²) < 4.78 is 40.9. The van der Waals surface area contributed by atoms with Gasteiger partial charge in [0.2, 0.25) is 8.03 Å². The lowest BCUT2D eigenvalue weighted by atomic mass is 10.1. The summed E-state index contributed by atoms with van der Waals surface area (Å²) in [5, 5.41) is 4.80. The molecule has 1 amide bonds. The molecule has 0 aliphatic carbocycles. The Hall–Kier alpha value is -2.61. The molecule has 0 aliphatic heterocycles. The number of nitrogens with one attached hydrogen (secondary N) is 1. The van der Waals surface area contributed by atoms with Crippen molar-refractivity contribution in [3.63, 3.8) is 0 Å². The Morgan fingerprint density at radius 1 is 1.19 bits per heavy atom. The number of hydrogen-bond donors (Lipinski definition) is 2. The molecule has 170 valence electrons. The average molecular weight is 493 g/mol. The summed E-state index contributed by atoms with van der Waals surface area (Å²) in [6, 6.07) is 14.0. The molecule has 32 heavy (non-hydrogen) atoms. The van der Waals surface area contributed by atoms with Crippen LogP contribution in [0.15, 0.2) is 53.9 Å². The Labute approximate surface area is 192 Å². The predicted octanol–water partition coefficient (Wildman–Crippen LogP) is 4.71. The Morgan fingerprint density at radius 3 is 2.62 bits per heavy atom. The Morgan fingerprint density at radius 2 is 1.97 bits per heavy atom. The van der Waals surface area contributed by atoms with Crippen molar-refractivity contribution in [2.45, 2.75) is 13.3 Å². The van der Waals surface area contributed by atoms with Crippen LogP contribution < -0.4 is 15.6 Å². The van der Waals surface area contributed by atoms with Crippen molar-refractivity contribution in [1.82, 2.24) is 0 Å². The molecule has 0 radical (unpaired) electrons. The number of carbonyl (C=O) groups excluding carboxylic acids is 1. The highest BCUT2D eigenvalue weighted by molar-refractivity contribution is 7.91. The Balaban J connectivity index is 1.87. The van der Waals surface area contributed by atoms with Crippen molar-refractivity contribution >= 4 is 46.5 Å². The number of sulfone groups is 1. The number of benzene rings is 2. The van der Waals surface area contributed by atoms with Gasteiger partial charge in [-0.3, -0.25) is 9.36 Å². The molecule has 3 N–H and O–H groups in total. The average Bonchev–Trinajstić information content (AvgIpc) is 3.29. The highest BCUT2D eigenvalue weighted by Crippen LogP contribution is 2.32. The second kappa shape index (κ2) is 10.3. The molecule has 0 spiro atoms. The topological polar surface area (TPSA) is 116 Å². The first-order valence-corrected chi connectivity index (χ1v) is 14.5. The fourth-order valence-corrected chi connectivity index (χ4v) is 5.09. The molecule has 1 atom stereocenters. The van der Waals surface area contributed by atoms with E-state index in [0.717, 1.165) is 10.4 Å². The van der Waals surface area contributed by atoms with Crippen LogP contribution >= 0.6 is 19.4 Å². The van der Waals surface area contributed by atoms with Crippen molar-refractivity contribution in [2.24, 2.45) is 0 Å². The Kier molecular flexibility index (Phi) is 7.77. The summed E-state index contributed by atoms with van der Waals surface area (Å²) in [4.78, 5) is 14.0. The fraction of sp³-hybridized carbons (Fsp3) is 0.227. The van der Waals surface area contributed by atoms with Crippen molar-refractivity contribution in [2.75, 3.05) is 29.2 Å². The summed E-state index contributed by atoms with van der Waals surface area (Å²) in [5.41, 5.74) is 8.73. The molecule has 1 aromatic heterocycles. The molecular weight excluding hydrogens is 467 g/mol. The summed E-state index contributed by atoms with van der Waals surface area (Å²) in [6.45, 7) is 3.03. The smallest absolute Gasteiger partial charge is 0.255 e. The number of aryl methyl sites for hydroxylation is 1. The molecule has 2 aromatic carbocycles. The third kappa shape index (κ3) is 6.22. The fourth-order valence-electron chi connectivity index (χ4n) is 3.04. The molecule has 3 aromatic rings. The van der Waals surface area contributed by atoms with Crippen LogP contribution in [0.1, 0.15) is 22.8 Å². The molecule has 7 nitrogen and oxygen atoms in total. The molecule has 3 rings (SSSR count). The third-order valence-corrected chi connectivity index (χ3v) is 7.94. The first-order valence-electron chi connectivity index (χ1n) is 9.95. The first-order chi connectivity index (χ1) is 15.2. The van der Waals surface area contributed by atoms with Crippen LogP contribution in [0.2, 0.25) is 0 Å². The molecule has 1 heterocycles. The largest absolute Gasteiger partial charge is 0.445 e. The number of amides is 1. The summed E-state index contributed by atoms with van der Waals surface area (Å²) >= 11 is 1.58. The van der Waals surface area contributed by atoms with Crippen molar-refractivity contribution < 1.29 is 22.3 Å². The normalized spacial score (nSPS) is 12.3. The van der Waals surface area contributed by atoms with Gasteiger partial charge in [-0.25, -0.2) is 8.42 Å². The SMILES string of the molecule is CCS(=O)(=O)CCc1cc(C(=O)Nc2cc(-c3cccs3)ccc2N)ccc1O[PH](C)=O. The van der Waals surface area contributed by atoms with Crippen molar-refractivity contribution in [1.29, 1.82) is 0 Å². The highest BCUT2D eigenvalue weighted by Gasteiger charge is 2.16. The maximum absolute atomic E-state index is 12.9. The molecule has 10 heteroatoms. The van der Waals surface area contributed by atoms with E-state index >= 15 is 0 Å². The third-order valence-electron chi connectivity index (χ3n) is 4.81. The van der Waals surface area contributed by atoms with Crippen LogP contribution in [0.5, 0.6) is 5.75 Å². The van der Waals surface area contributed by atoms with Crippen LogP contribution in [0, 0.1) is 0 Å². The number of nitrogen functional groups attached to an aromatic ring is 1. The number of carbonyl (C=O) groups is 1. The lowest BCUT2D eigenvalue weighted by molar-refractivity contribution is 0.102. The van der Waals surface area contributed by atoms with Crippen LogP contribution in [-0.4, -0.2) is 32.5 Å². The van der Waals surface area contributed by atoms with Crippen molar-refractivity contribution in [3.05, 3.63) is 65.0 Å². The quantitative estimate of drug-likeness (QED) is 0.330. The lowest BCUT2D eigenvalue weighted by Crippen LogP contribution is -2.15. The van der Waals surface area contributed by atoms with E-state index in [1.54, 1.807) is 42.5 Å². The van der Waals surface area contributed by atoms with Gasteiger partial charge in [0.05, 0.1) is 17.1 Å². The maximum atomic E-state index is 12.9. The van der Waals surface area contributed by atoms with E-state index in [4.69, 9.17) is 10.3 Å². The highest BCUT2D eigenvalue weighted by atomic mass is 32.2. The molecule has 0 saturated carbocycles. The van der Waals surface area contributed by atoms with Gasteiger partial charge >= 0.3 is 0 Å². The minimum Gasteiger partial charge on any atom is -0.445 e. The summed E-state index contributed by atoms with van der Waals surface area (Å²) in [5.74, 6) is -0.146. The van der Waals surface area contributed by atoms with Gasteiger partial charge in [-0.2, -0.15) is 0 Å². The zero-order chi connectivity index (χ0) is 23.3.